The van der Waals surface area contributed by atoms with E-state index in [2.05, 4.69) is 17.2 Å². The number of hydrogen-bond donors (Lipinski definition) is 3. The molecule has 2 rings (SSSR count). The fourth-order valence-corrected chi connectivity index (χ4v) is 3.31. The van der Waals surface area contributed by atoms with Gasteiger partial charge in [0, 0.05) is 17.9 Å². The molecule has 120 valence electrons. The molecule has 1 heterocycles. The van der Waals surface area contributed by atoms with Gasteiger partial charge < -0.3 is 16.2 Å². The molecule has 0 fully saturated rings. The molecule has 0 aromatic heterocycles. The minimum atomic E-state index is -0.501. The molecule has 0 aliphatic carbocycles. The monoisotopic (exact) mass is 321 g/mol. The molecule has 0 saturated carbocycles. The fraction of sp³-hybridized carbons (Fsp3) is 0.500. The molecule has 22 heavy (non-hydrogen) atoms. The molecule has 2 atom stereocenters. The highest BCUT2D eigenvalue weighted by atomic mass is 32.2. The first-order chi connectivity index (χ1) is 10.4. The van der Waals surface area contributed by atoms with Crippen molar-refractivity contribution < 1.29 is 9.90 Å². The van der Waals surface area contributed by atoms with Gasteiger partial charge in [0.15, 0.2) is 5.17 Å². The van der Waals surface area contributed by atoms with E-state index in [0.29, 0.717) is 17.2 Å². The second kappa shape index (κ2) is 7.15. The molecule has 2 unspecified atom stereocenters. The van der Waals surface area contributed by atoms with Crippen molar-refractivity contribution in [2.45, 2.75) is 38.3 Å². The summed E-state index contributed by atoms with van der Waals surface area (Å²) in [5.74, 6) is 0.773. The third-order valence-electron chi connectivity index (χ3n) is 3.93. The van der Waals surface area contributed by atoms with Crippen molar-refractivity contribution in [1.29, 1.82) is 0 Å². The van der Waals surface area contributed by atoms with E-state index in [1.54, 1.807) is 23.9 Å². The van der Waals surface area contributed by atoms with E-state index in [-0.39, 0.29) is 18.0 Å². The lowest BCUT2D eigenvalue weighted by molar-refractivity contribution is 0.0914. The molecule has 0 radical (unpaired) electrons. The van der Waals surface area contributed by atoms with Crippen LogP contribution in [-0.2, 0) is 5.54 Å². The van der Waals surface area contributed by atoms with Gasteiger partial charge >= 0.3 is 0 Å². The Balaban J connectivity index is 2.07. The van der Waals surface area contributed by atoms with Gasteiger partial charge in [-0.2, -0.15) is 0 Å². The molecule has 6 heteroatoms. The summed E-state index contributed by atoms with van der Waals surface area (Å²) in [6.45, 7) is 4.21. The van der Waals surface area contributed by atoms with E-state index in [1.165, 1.54) is 0 Å². The van der Waals surface area contributed by atoms with Crippen LogP contribution in [0.25, 0.3) is 0 Å². The van der Waals surface area contributed by atoms with Gasteiger partial charge in [-0.25, -0.2) is 0 Å². The zero-order chi connectivity index (χ0) is 16.2. The number of nitrogens with zero attached hydrogens (tertiary/aromatic N) is 1. The SMILES string of the molecule is CCC(O)CNC(=O)c1ccc(C2(C)CCSC(N)=N2)cc1. The van der Waals surface area contributed by atoms with E-state index in [4.69, 9.17) is 5.73 Å². The summed E-state index contributed by atoms with van der Waals surface area (Å²) in [5.41, 5.74) is 7.15. The molecule has 4 N–H and O–H groups in total. The predicted molar refractivity (Wildman–Crippen MR) is 91.1 cm³/mol. The number of aliphatic hydroxyl groups excluding tert-OH is 1. The summed E-state index contributed by atoms with van der Waals surface area (Å²) in [4.78, 5) is 16.6. The van der Waals surface area contributed by atoms with E-state index < -0.39 is 6.10 Å². The van der Waals surface area contributed by atoms with Crippen LogP contribution in [0.2, 0.25) is 0 Å². The number of aliphatic imine (C=N–C) groups is 1. The number of hydrogen-bond acceptors (Lipinski definition) is 5. The normalized spacial score (nSPS) is 22.8. The third kappa shape index (κ3) is 4.01. The first-order valence-corrected chi connectivity index (χ1v) is 8.48. The van der Waals surface area contributed by atoms with Crippen LogP contribution in [0.3, 0.4) is 0 Å². The summed E-state index contributed by atoms with van der Waals surface area (Å²) >= 11 is 1.57. The van der Waals surface area contributed by atoms with Crippen LogP contribution < -0.4 is 11.1 Å². The first-order valence-electron chi connectivity index (χ1n) is 7.49. The molecule has 1 aliphatic heterocycles. The van der Waals surface area contributed by atoms with Crippen molar-refractivity contribution in [1.82, 2.24) is 5.32 Å². The Labute approximate surface area is 135 Å². The number of thioether (sulfide) groups is 1. The van der Waals surface area contributed by atoms with Crippen LogP contribution in [0.4, 0.5) is 0 Å². The summed E-state index contributed by atoms with van der Waals surface area (Å²) in [7, 11) is 0. The largest absolute Gasteiger partial charge is 0.391 e. The van der Waals surface area contributed by atoms with Crippen molar-refractivity contribution in [3.63, 3.8) is 0 Å². The van der Waals surface area contributed by atoms with Crippen molar-refractivity contribution in [3.05, 3.63) is 35.4 Å². The molecule has 0 bridgehead atoms. The highest BCUT2D eigenvalue weighted by Gasteiger charge is 2.29. The molecular formula is C16H23N3O2S. The van der Waals surface area contributed by atoms with Crippen LogP contribution in [0, 0.1) is 0 Å². The molecule has 0 spiro atoms. The van der Waals surface area contributed by atoms with Crippen LogP contribution in [0.1, 0.15) is 42.6 Å². The zero-order valence-electron chi connectivity index (χ0n) is 13.0. The van der Waals surface area contributed by atoms with E-state index >= 15 is 0 Å². The van der Waals surface area contributed by atoms with Crippen molar-refractivity contribution in [3.8, 4) is 0 Å². The van der Waals surface area contributed by atoms with E-state index in [0.717, 1.165) is 17.7 Å². The molecule has 1 aliphatic rings. The predicted octanol–water partition coefficient (Wildman–Crippen LogP) is 1.85. The van der Waals surface area contributed by atoms with Gasteiger partial charge in [-0.1, -0.05) is 30.8 Å². The number of nitrogens with one attached hydrogen (secondary N) is 1. The minimum absolute atomic E-state index is 0.175. The van der Waals surface area contributed by atoms with Crippen molar-refractivity contribution in [2.24, 2.45) is 10.7 Å². The smallest absolute Gasteiger partial charge is 0.251 e. The number of nitrogens with two attached hydrogens (primary N) is 1. The number of carbonyl (C=O) groups is 1. The highest BCUT2D eigenvalue weighted by molar-refractivity contribution is 8.13. The van der Waals surface area contributed by atoms with Gasteiger partial charge in [-0.05, 0) is 37.5 Å². The van der Waals surface area contributed by atoms with E-state index in [1.807, 2.05) is 19.1 Å². The van der Waals surface area contributed by atoms with Crippen LogP contribution in [0.5, 0.6) is 0 Å². The van der Waals surface area contributed by atoms with Gasteiger partial charge in [-0.15, -0.1) is 0 Å². The molecular weight excluding hydrogens is 298 g/mol. The summed E-state index contributed by atoms with van der Waals surface area (Å²) < 4.78 is 0. The summed E-state index contributed by atoms with van der Waals surface area (Å²) in [6.07, 6.45) is 1.04. The number of aliphatic hydroxyl groups is 1. The second-order valence-electron chi connectivity index (χ2n) is 5.67. The fourth-order valence-electron chi connectivity index (χ4n) is 2.33. The van der Waals surface area contributed by atoms with Gasteiger partial charge in [0.05, 0.1) is 11.6 Å². The Bertz CT molecular complexity index is 559. The maximum Gasteiger partial charge on any atom is 0.251 e. The quantitative estimate of drug-likeness (QED) is 0.772. The molecule has 1 amide bonds. The standard InChI is InChI=1S/C16H23N3O2S/c1-3-13(20)10-18-14(21)11-4-6-12(7-5-11)16(2)8-9-22-15(17)19-16/h4-7,13,20H,3,8-10H2,1-2H3,(H2,17,19)(H,18,21). The van der Waals surface area contributed by atoms with Crippen molar-refractivity contribution >= 4 is 22.8 Å². The van der Waals surface area contributed by atoms with Gasteiger partial charge in [-0.3, -0.25) is 9.79 Å². The maximum absolute atomic E-state index is 12.0. The van der Waals surface area contributed by atoms with Crippen LogP contribution in [0.15, 0.2) is 29.3 Å². The molecule has 5 nitrogen and oxygen atoms in total. The molecule has 1 aromatic carbocycles. The minimum Gasteiger partial charge on any atom is -0.391 e. The summed E-state index contributed by atoms with van der Waals surface area (Å²) in [5, 5.41) is 12.8. The number of amidine groups is 1. The Hall–Kier alpha value is -1.53. The average Bonchev–Trinajstić information content (AvgIpc) is 2.52. The van der Waals surface area contributed by atoms with E-state index in [9.17, 15) is 9.90 Å². The summed E-state index contributed by atoms with van der Waals surface area (Å²) in [6, 6.07) is 7.44. The first kappa shape index (κ1) is 16.8. The van der Waals surface area contributed by atoms with Crippen LogP contribution in [-0.4, -0.2) is 34.6 Å². The third-order valence-corrected chi connectivity index (χ3v) is 4.73. The van der Waals surface area contributed by atoms with Gasteiger partial charge in [0.1, 0.15) is 0 Å². The number of carbonyl (C=O) groups excluding carboxylic acids is 1. The lowest BCUT2D eigenvalue weighted by Crippen LogP contribution is -2.32. The second-order valence-corrected chi connectivity index (χ2v) is 6.79. The molecule has 1 aromatic rings. The Morgan fingerprint density at radius 2 is 2.18 bits per heavy atom. The zero-order valence-corrected chi connectivity index (χ0v) is 13.8. The number of amides is 1. The number of rotatable bonds is 5. The Morgan fingerprint density at radius 1 is 1.50 bits per heavy atom. The van der Waals surface area contributed by atoms with Gasteiger partial charge in [0.25, 0.3) is 5.91 Å². The lowest BCUT2D eigenvalue weighted by atomic mass is 9.89. The Morgan fingerprint density at radius 3 is 2.77 bits per heavy atom. The van der Waals surface area contributed by atoms with Crippen molar-refractivity contribution in [2.75, 3.05) is 12.3 Å². The van der Waals surface area contributed by atoms with Gasteiger partial charge in [0.2, 0.25) is 0 Å². The number of benzene rings is 1. The molecule has 0 saturated heterocycles. The topological polar surface area (TPSA) is 87.7 Å². The maximum atomic E-state index is 12.0. The van der Waals surface area contributed by atoms with Crippen LogP contribution >= 0.6 is 11.8 Å². The highest BCUT2D eigenvalue weighted by Crippen LogP contribution is 2.34. The Kier molecular flexibility index (Phi) is 5.47. The lowest BCUT2D eigenvalue weighted by Gasteiger charge is -2.29. The average molecular weight is 321 g/mol.